The van der Waals surface area contributed by atoms with Crippen molar-refractivity contribution in [1.29, 1.82) is 0 Å². The summed E-state index contributed by atoms with van der Waals surface area (Å²) in [6.45, 7) is 1.52. The molecule has 0 bridgehead atoms. The highest BCUT2D eigenvalue weighted by molar-refractivity contribution is 7.89. The molecule has 8 heteroatoms. The van der Waals surface area contributed by atoms with Crippen LogP contribution in [0.25, 0.3) is 0 Å². The van der Waals surface area contributed by atoms with Gasteiger partial charge < -0.3 is 9.84 Å². The fourth-order valence-corrected chi connectivity index (χ4v) is 5.00. The van der Waals surface area contributed by atoms with Crippen molar-refractivity contribution in [2.75, 3.05) is 26.7 Å². The summed E-state index contributed by atoms with van der Waals surface area (Å²) in [6.07, 6.45) is 0.562. The maximum Gasteiger partial charge on any atom is 0.323 e. The summed E-state index contributed by atoms with van der Waals surface area (Å²) in [4.78, 5) is 14.0. The van der Waals surface area contributed by atoms with Gasteiger partial charge in [0.05, 0.1) is 12.0 Å². The van der Waals surface area contributed by atoms with Crippen molar-refractivity contribution in [3.63, 3.8) is 0 Å². The van der Waals surface area contributed by atoms with E-state index in [1.54, 1.807) is 12.1 Å². The first kappa shape index (κ1) is 20.3. The molecule has 1 aliphatic heterocycles. The Labute approximate surface area is 165 Å². The van der Waals surface area contributed by atoms with E-state index in [0.29, 0.717) is 25.3 Å². The van der Waals surface area contributed by atoms with Crippen LogP contribution < -0.4 is 4.74 Å². The van der Waals surface area contributed by atoms with Gasteiger partial charge in [0, 0.05) is 19.6 Å². The van der Waals surface area contributed by atoms with E-state index >= 15 is 0 Å². The molecule has 0 aliphatic carbocycles. The molecule has 150 valence electrons. The zero-order valence-corrected chi connectivity index (χ0v) is 16.5. The molecule has 1 aliphatic rings. The van der Waals surface area contributed by atoms with Crippen molar-refractivity contribution in [1.82, 2.24) is 9.21 Å². The van der Waals surface area contributed by atoms with Crippen molar-refractivity contribution in [3.05, 3.63) is 60.2 Å². The Morgan fingerprint density at radius 2 is 1.79 bits per heavy atom. The number of benzene rings is 2. The highest BCUT2D eigenvalue weighted by Gasteiger charge is 2.38. The normalized spacial score (nSPS) is 19.1. The Bertz CT molecular complexity index is 900. The molecule has 1 unspecified atom stereocenters. The average molecular weight is 404 g/mol. The van der Waals surface area contributed by atoms with Gasteiger partial charge in [-0.05, 0) is 42.8 Å². The Kier molecular flexibility index (Phi) is 6.33. The molecule has 7 nitrogen and oxygen atoms in total. The van der Waals surface area contributed by atoms with Gasteiger partial charge in [0.15, 0.2) is 0 Å². The number of ether oxygens (including phenoxy) is 1. The SMILES string of the molecule is COc1ccc(S(=O)(=O)N2CCCN(Cc3ccccc3)CC2C(=O)O)cc1. The van der Waals surface area contributed by atoms with Crippen LogP contribution in [0.4, 0.5) is 0 Å². The topological polar surface area (TPSA) is 87.2 Å². The van der Waals surface area contributed by atoms with E-state index in [4.69, 9.17) is 4.74 Å². The van der Waals surface area contributed by atoms with Crippen LogP contribution >= 0.6 is 0 Å². The van der Waals surface area contributed by atoms with Crippen molar-refractivity contribution in [3.8, 4) is 5.75 Å². The fourth-order valence-electron chi connectivity index (χ4n) is 3.39. The molecule has 0 saturated carbocycles. The second kappa shape index (κ2) is 8.72. The number of carboxylic acids is 1. The number of rotatable bonds is 6. The smallest absolute Gasteiger partial charge is 0.323 e. The van der Waals surface area contributed by atoms with E-state index in [1.165, 1.54) is 19.2 Å². The quantitative estimate of drug-likeness (QED) is 0.793. The van der Waals surface area contributed by atoms with Crippen molar-refractivity contribution >= 4 is 16.0 Å². The summed E-state index contributed by atoms with van der Waals surface area (Å²) < 4.78 is 32.4. The van der Waals surface area contributed by atoms with Gasteiger partial charge >= 0.3 is 5.97 Å². The third kappa shape index (κ3) is 4.52. The summed E-state index contributed by atoms with van der Waals surface area (Å²) in [5, 5.41) is 9.76. The lowest BCUT2D eigenvalue weighted by Crippen LogP contribution is -2.48. The van der Waals surface area contributed by atoms with E-state index in [9.17, 15) is 18.3 Å². The summed E-state index contributed by atoms with van der Waals surface area (Å²) in [5.74, 6) is -0.601. The van der Waals surface area contributed by atoms with Crippen LogP contribution in [0.1, 0.15) is 12.0 Å². The highest BCUT2D eigenvalue weighted by Crippen LogP contribution is 2.24. The number of carboxylic acid groups (broad SMARTS) is 1. The third-order valence-electron chi connectivity index (χ3n) is 4.83. The Balaban J connectivity index is 1.84. The zero-order valence-electron chi connectivity index (χ0n) is 15.7. The first-order chi connectivity index (χ1) is 13.4. The van der Waals surface area contributed by atoms with Gasteiger partial charge in [0.2, 0.25) is 10.0 Å². The van der Waals surface area contributed by atoms with Gasteiger partial charge in [-0.15, -0.1) is 0 Å². The minimum atomic E-state index is -3.93. The van der Waals surface area contributed by atoms with Gasteiger partial charge in [-0.3, -0.25) is 9.69 Å². The lowest BCUT2D eigenvalue weighted by atomic mass is 10.2. The molecule has 0 radical (unpaired) electrons. The third-order valence-corrected chi connectivity index (χ3v) is 6.75. The summed E-state index contributed by atoms with van der Waals surface area (Å²) in [5.41, 5.74) is 1.07. The Morgan fingerprint density at radius 1 is 1.11 bits per heavy atom. The maximum absolute atomic E-state index is 13.1. The predicted octanol–water partition coefficient (Wildman–Crippen LogP) is 2.04. The molecule has 1 N–H and O–H groups in total. The van der Waals surface area contributed by atoms with Gasteiger partial charge in [-0.1, -0.05) is 30.3 Å². The van der Waals surface area contributed by atoms with Crippen LogP contribution in [-0.4, -0.2) is 61.5 Å². The lowest BCUT2D eigenvalue weighted by molar-refractivity contribution is -0.141. The highest BCUT2D eigenvalue weighted by atomic mass is 32.2. The van der Waals surface area contributed by atoms with Crippen LogP contribution in [0.2, 0.25) is 0 Å². The van der Waals surface area contributed by atoms with Gasteiger partial charge in [0.25, 0.3) is 0 Å². The van der Waals surface area contributed by atoms with Crippen LogP contribution in [0.15, 0.2) is 59.5 Å². The molecule has 1 heterocycles. The van der Waals surface area contributed by atoms with Crippen molar-refractivity contribution < 1.29 is 23.1 Å². The molecule has 1 fully saturated rings. The van der Waals surface area contributed by atoms with Crippen LogP contribution in [0.3, 0.4) is 0 Å². The molecule has 3 rings (SSSR count). The maximum atomic E-state index is 13.1. The molecule has 0 spiro atoms. The lowest BCUT2D eigenvalue weighted by Gasteiger charge is -2.28. The predicted molar refractivity (Wildman–Crippen MR) is 105 cm³/mol. The van der Waals surface area contributed by atoms with Gasteiger partial charge in [0.1, 0.15) is 11.8 Å². The number of hydrogen-bond acceptors (Lipinski definition) is 5. The average Bonchev–Trinajstić information content (AvgIpc) is 2.92. The molecule has 0 aromatic heterocycles. The summed E-state index contributed by atoms with van der Waals surface area (Å²) >= 11 is 0. The van der Waals surface area contributed by atoms with E-state index in [-0.39, 0.29) is 18.0 Å². The molecular weight excluding hydrogens is 380 g/mol. The molecule has 2 aromatic carbocycles. The first-order valence-corrected chi connectivity index (χ1v) is 10.5. The fraction of sp³-hybridized carbons (Fsp3) is 0.350. The van der Waals surface area contributed by atoms with Crippen LogP contribution in [0.5, 0.6) is 5.75 Å². The second-order valence-electron chi connectivity index (χ2n) is 6.72. The molecule has 1 atom stereocenters. The van der Waals surface area contributed by atoms with Crippen LogP contribution in [0, 0.1) is 0 Å². The molecule has 2 aromatic rings. The number of aliphatic carboxylic acids is 1. The molecule has 0 amide bonds. The first-order valence-electron chi connectivity index (χ1n) is 9.07. The standard InChI is InChI=1S/C20H24N2O5S/c1-27-17-8-10-18(11-9-17)28(25,26)22-13-5-12-21(15-19(22)20(23)24)14-16-6-3-2-4-7-16/h2-4,6-11,19H,5,12-15H2,1H3,(H,23,24). The zero-order chi connectivity index (χ0) is 20.1. The van der Waals surface area contributed by atoms with E-state index < -0.39 is 22.0 Å². The second-order valence-corrected chi connectivity index (χ2v) is 8.61. The minimum Gasteiger partial charge on any atom is -0.497 e. The Morgan fingerprint density at radius 3 is 2.39 bits per heavy atom. The molecule has 1 saturated heterocycles. The summed E-state index contributed by atoms with van der Waals surface area (Å²) in [6, 6.07) is 14.6. The summed E-state index contributed by atoms with van der Waals surface area (Å²) in [7, 11) is -2.43. The van der Waals surface area contributed by atoms with Crippen molar-refractivity contribution in [2.24, 2.45) is 0 Å². The number of sulfonamides is 1. The van der Waals surface area contributed by atoms with E-state index in [0.717, 1.165) is 9.87 Å². The number of hydrogen-bond donors (Lipinski definition) is 1. The minimum absolute atomic E-state index is 0.0658. The number of carbonyl (C=O) groups is 1. The monoisotopic (exact) mass is 404 g/mol. The van der Waals surface area contributed by atoms with E-state index in [1.807, 2.05) is 35.2 Å². The van der Waals surface area contributed by atoms with Crippen LogP contribution in [-0.2, 0) is 21.4 Å². The number of nitrogens with zero attached hydrogens (tertiary/aromatic N) is 2. The van der Waals surface area contributed by atoms with E-state index in [2.05, 4.69) is 0 Å². The van der Waals surface area contributed by atoms with Crippen molar-refractivity contribution in [2.45, 2.75) is 23.9 Å². The molecule has 28 heavy (non-hydrogen) atoms. The molecular formula is C20H24N2O5S. The van der Waals surface area contributed by atoms with Gasteiger partial charge in [-0.25, -0.2) is 8.42 Å². The number of methoxy groups -OCH3 is 1. The van der Waals surface area contributed by atoms with Gasteiger partial charge in [-0.2, -0.15) is 4.31 Å². The Hall–Kier alpha value is -2.42. The largest absolute Gasteiger partial charge is 0.497 e.